The molecule has 0 radical (unpaired) electrons. The van der Waals surface area contributed by atoms with Crippen molar-refractivity contribution >= 4 is 17.5 Å². The fourth-order valence-electron chi connectivity index (χ4n) is 1.52. The van der Waals surface area contributed by atoms with Crippen LogP contribution in [0, 0.1) is 0 Å². The Morgan fingerprint density at radius 2 is 1.71 bits per heavy atom. The number of carbonyl (C=O) groups excluding carboxylic acids is 1. The lowest BCUT2D eigenvalue weighted by molar-refractivity contribution is -0.117. The second-order valence-electron chi connectivity index (χ2n) is 4.08. The smallest absolute Gasteiger partial charge is 0.235 e. The highest BCUT2D eigenvalue weighted by molar-refractivity contribution is 6.30. The molecule has 0 aromatic heterocycles. The van der Waals surface area contributed by atoms with Crippen molar-refractivity contribution in [2.24, 2.45) is 5.73 Å². The van der Waals surface area contributed by atoms with Crippen molar-refractivity contribution in [2.75, 3.05) is 6.54 Å². The predicted molar refractivity (Wildman–Crippen MR) is 60.4 cm³/mol. The molecule has 0 aliphatic heterocycles. The highest BCUT2D eigenvalue weighted by Crippen LogP contribution is 2.09. The number of carbonyl (C=O) groups is 1. The van der Waals surface area contributed by atoms with Gasteiger partial charge in [0.1, 0.15) is 5.38 Å². The first-order valence-electron chi connectivity index (χ1n) is 5.05. The van der Waals surface area contributed by atoms with Gasteiger partial charge in [-0.15, -0.1) is 11.6 Å². The number of hydrogen-bond donors (Lipinski definition) is 1. The molecule has 84 valence electrons. The quantitative estimate of drug-likeness (QED) is 0.691. The minimum absolute atomic E-state index is 0.431. The van der Waals surface area contributed by atoms with Gasteiger partial charge in [-0.3, -0.25) is 9.69 Å². The summed E-state index contributed by atoms with van der Waals surface area (Å²) in [5, 5.41) is -0.546. The first-order valence-corrected chi connectivity index (χ1v) is 5.49. The molecule has 0 fully saturated rings. The fourth-order valence-corrected chi connectivity index (χ4v) is 1.61. The minimum atomic E-state index is -0.546. The van der Waals surface area contributed by atoms with Gasteiger partial charge in [0.15, 0.2) is 0 Å². The summed E-state index contributed by atoms with van der Waals surface area (Å²) in [5.74, 6) is -0.431. The van der Waals surface area contributed by atoms with Crippen molar-refractivity contribution < 1.29 is 4.79 Å². The third-order valence-corrected chi connectivity index (χ3v) is 2.71. The van der Waals surface area contributed by atoms with Crippen LogP contribution in [0.1, 0.15) is 34.1 Å². The van der Waals surface area contributed by atoms with Gasteiger partial charge in [-0.1, -0.05) is 0 Å². The van der Waals surface area contributed by atoms with Crippen molar-refractivity contribution in [2.45, 2.75) is 51.6 Å². The third kappa shape index (κ3) is 4.82. The molecule has 0 spiro atoms. The molecule has 0 aromatic rings. The Morgan fingerprint density at radius 3 is 2.00 bits per heavy atom. The van der Waals surface area contributed by atoms with E-state index in [1.165, 1.54) is 0 Å². The lowest BCUT2D eigenvalue weighted by Gasteiger charge is -2.30. The van der Waals surface area contributed by atoms with Crippen molar-refractivity contribution in [1.82, 2.24) is 4.90 Å². The monoisotopic (exact) mass is 220 g/mol. The van der Waals surface area contributed by atoms with Crippen LogP contribution in [0.2, 0.25) is 0 Å². The zero-order chi connectivity index (χ0) is 11.3. The van der Waals surface area contributed by atoms with E-state index in [0.29, 0.717) is 18.5 Å². The second kappa shape index (κ2) is 6.25. The molecule has 0 aromatic carbocycles. The van der Waals surface area contributed by atoms with Crippen LogP contribution < -0.4 is 5.73 Å². The fraction of sp³-hybridized carbons (Fsp3) is 0.900. The summed E-state index contributed by atoms with van der Waals surface area (Å²) in [6.07, 6.45) is 0.618. The molecule has 0 saturated carbocycles. The van der Waals surface area contributed by atoms with Gasteiger partial charge in [0.25, 0.3) is 0 Å². The lowest BCUT2D eigenvalue weighted by atomic mass is 10.2. The first kappa shape index (κ1) is 13.7. The molecule has 1 atom stereocenters. The van der Waals surface area contributed by atoms with E-state index >= 15 is 0 Å². The van der Waals surface area contributed by atoms with Crippen LogP contribution in [-0.2, 0) is 4.79 Å². The van der Waals surface area contributed by atoms with Crippen LogP contribution in [0.3, 0.4) is 0 Å². The number of nitrogens with zero attached hydrogens (tertiary/aromatic N) is 1. The number of amides is 1. The van der Waals surface area contributed by atoms with Crippen LogP contribution in [-0.4, -0.2) is 34.8 Å². The summed E-state index contributed by atoms with van der Waals surface area (Å²) < 4.78 is 0. The maximum atomic E-state index is 10.7. The summed E-state index contributed by atoms with van der Waals surface area (Å²) in [6.45, 7) is 9.34. The molecule has 14 heavy (non-hydrogen) atoms. The van der Waals surface area contributed by atoms with Gasteiger partial charge in [-0.2, -0.15) is 0 Å². The number of halogens is 1. The Morgan fingerprint density at radius 1 is 1.29 bits per heavy atom. The molecule has 0 saturated heterocycles. The maximum Gasteiger partial charge on any atom is 0.235 e. The number of rotatable bonds is 6. The van der Waals surface area contributed by atoms with Crippen molar-refractivity contribution in [3.05, 3.63) is 0 Å². The van der Waals surface area contributed by atoms with Crippen molar-refractivity contribution in [1.29, 1.82) is 0 Å². The molecule has 3 nitrogen and oxygen atoms in total. The molecule has 1 unspecified atom stereocenters. The number of nitrogens with two attached hydrogens (primary N) is 1. The molecule has 0 aliphatic rings. The first-order chi connectivity index (χ1) is 6.36. The molecule has 4 heteroatoms. The Labute approximate surface area is 91.6 Å². The molecule has 1 amide bonds. The van der Waals surface area contributed by atoms with Crippen LogP contribution in [0.4, 0.5) is 0 Å². The normalized spacial score (nSPS) is 14.0. The van der Waals surface area contributed by atoms with E-state index in [9.17, 15) is 4.79 Å². The van der Waals surface area contributed by atoms with E-state index in [1.54, 1.807) is 0 Å². The average molecular weight is 221 g/mol. The zero-order valence-corrected chi connectivity index (χ0v) is 10.2. The number of primary amides is 1. The van der Waals surface area contributed by atoms with Crippen molar-refractivity contribution in [3.8, 4) is 0 Å². The van der Waals surface area contributed by atoms with E-state index in [-0.39, 0.29) is 0 Å². The van der Waals surface area contributed by atoms with E-state index < -0.39 is 11.3 Å². The minimum Gasteiger partial charge on any atom is -0.368 e. The topological polar surface area (TPSA) is 46.3 Å². The molecule has 0 bridgehead atoms. The van der Waals surface area contributed by atoms with E-state index in [0.717, 1.165) is 6.54 Å². The Bertz CT molecular complexity index is 175. The maximum absolute atomic E-state index is 10.7. The Balaban J connectivity index is 4.00. The third-order valence-electron chi connectivity index (χ3n) is 2.28. The zero-order valence-electron chi connectivity index (χ0n) is 9.46. The highest BCUT2D eigenvalue weighted by atomic mass is 35.5. The summed E-state index contributed by atoms with van der Waals surface area (Å²) >= 11 is 5.77. The Hall–Kier alpha value is -0.280. The van der Waals surface area contributed by atoms with Gasteiger partial charge in [0.2, 0.25) is 5.91 Å². The summed E-state index contributed by atoms with van der Waals surface area (Å²) in [4.78, 5) is 13.0. The SMILES string of the molecule is CC(C)N(CCC(Cl)C(N)=O)C(C)C. The molecular formula is C10H21ClN2O. The number of alkyl halides is 1. The van der Waals surface area contributed by atoms with Crippen molar-refractivity contribution in [3.63, 3.8) is 0 Å². The van der Waals surface area contributed by atoms with Gasteiger partial charge in [-0.05, 0) is 34.1 Å². The summed E-state index contributed by atoms with van der Waals surface area (Å²) in [7, 11) is 0. The van der Waals surface area contributed by atoms with Gasteiger partial charge in [0.05, 0.1) is 0 Å². The van der Waals surface area contributed by atoms with Gasteiger partial charge in [0, 0.05) is 18.6 Å². The highest BCUT2D eigenvalue weighted by Gasteiger charge is 2.17. The average Bonchev–Trinajstić information content (AvgIpc) is 2.02. The summed E-state index contributed by atoms with van der Waals surface area (Å²) in [6, 6.07) is 0.929. The van der Waals surface area contributed by atoms with Gasteiger partial charge in [-0.25, -0.2) is 0 Å². The van der Waals surface area contributed by atoms with Crippen LogP contribution in [0.15, 0.2) is 0 Å². The predicted octanol–water partition coefficient (Wildman–Crippen LogP) is 1.59. The standard InChI is InChI=1S/C10H21ClN2O/c1-7(2)13(8(3)4)6-5-9(11)10(12)14/h7-9H,5-6H2,1-4H3,(H2,12,14). The lowest BCUT2D eigenvalue weighted by Crippen LogP contribution is -2.39. The van der Waals surface area contributed by atoms with Gasteiger partial charge >= 0.3 is 0 Å². The van der Waals surface area contributed by atoms with Crippen LogP contribution >= 0.6 is 11.6 Å². The van der Waals surface area contributed by atoms with E-state index in [2.05, 4.69) is 32.6 Å². The summed E-state index contributed by atoms with van der Waals surface area (Å²) in [5.41, 5.74) is 5.09. The molecule has 0 heterocycles. The molecule has 0 rings (SSSR count). The molecule has 2 N–H and O–H groups in total. The van der Waals surface area contributed by atoms with Gasteiger partial charge < -0.3 is 5.73 Å². The van der Waals surface area contributed by atoms with Crippen LogP contribution in [0.5, 0.6) is 0 Å². The van der Waals surface area contributed by atoms with Crippen LogP contribution in [0.25, 0.3) is 0 Å². The number of hydrogen-bond acceptors (Lipinski definition) is 2. The largest absolute Gasteiger partial charge is 0.368 e. The van der Waals surface area contributed by atoms with E-state index in [1.807, 2.05) is 0 Å². The second-order valence-corrected chi connectivity index (χ2v) is 4.61. The van der Waals surface area contributed by atoms with E-state index in [4.69, 9.17) is 17.3 Å². The molecule has 0 aliphatic carbocycles. The molecular weight excluding hydrogens is 200 g/mol. The Kier molecular flexibility index (Phi) is 6.12.